The van der Waals surface area contributed by atoms with Gasteiger partial charge in [0.15, 0.2) is 24.7 Å². The molecule has 4 saturated heterocycles. The number of rotatable bonds is 13. The maximum atomic E-state index is 12.1. The summed E-state index contributed by atoms with van der Waals surface area (Å²) >= 11 is 0. The molecule has 64 heavy (non-hydrogen) atoms. The fraction of sp³-hybridized carbons (Fsp3) is 1.00. The lowest BCUT2D eigenvalue weighted by Gasteiger charge is -2.61. The van der Waals surface area contributed by atoms with Gasteiger partial charge in [0.2, 0.25) is 0 Å². The predicted molar refractivity (Wildman–Crippen MR) is 219 cm³/mol. The summed E-state index contributed by atoms with van der Waals surface area (Å²) in [6, 6.07) is 0. The Morgan fingerprint density at radius 2 is 1.20 bits per heavy atom. The van der Waals surface area contributed by atoms with Crippen molar-refractivity contribution in [3.63, 3.8) is 0 Å². The van der Waals surface area contributed by atoms with Crippen LogP contribution in [-0.2, 0) is 33.2 Å². The van der Waals surface area contributed by atoms with E-state index in [0.717, 1.165) is 44.9 Å². The van der Waals surface area contributed by atoms with E-state index in [1.165, 1.54) is 0 Å². The molecule has 0 spiro atoms. The third kappa shape index (κ3) is 8.65. The summed E-state index contributed by atoms with van der Waals surface area (Å²) in [5.41, 5.74) is 0.0475. The lowest BCUT2D eigenvalue weighted by Crippen LogP contribution is -2.65. The molecular weight excluding hydrogens is 844 g/mol. The van der Waals surface area contributed by atoms with Crippen LogP contribution in [-0.4, -0.2) is 198 Å². The molecule has 4 heterocycles. The smallest absolute Gasteiger partial charge is 0.187 e. The van der Waals surface area contributed by atoms with E-state index in [1.807, 2.05) is 6.92 Å². The van der Waals surface area contributed by atoms with E-state index in [0.29, 0.717) is 42.9 Å². The van der Waals surface area contributed by atoms with Crippen molar-refractivity contribution in [1.82, 2.24) is 0 Å². The van der Waals surface area contributed by atoms with Crippen LogP contribution in [0.5, 0.6) is 0 Å². The van der Waals surface area contributed by atoms with Crippen molar-refractivity contribution in [2.45, 2.75) is 202 Å². The van der Waals surface area contributed by atoms with Crippen LogP contribution in [0.4, 0.5) is 0 Å². The maximum absolute atomic E-state index is 12.1. The second-order valence-corrected chi connectivity index (χ2v) is 21.5. The first-order valence-corrected chi connectivity index (χ1v) is 23.9. The summed E-state index contributed by atoms with van der Waals surface area (Å²) in [6.07, 6.45) is -13.7. The largest absolute Gasteiger partial charge is 0.394 e. The SMILES string of the molecule is C[C@@H](CC[C@@]1(O)O[C@H]2C[C@H]3[C@@H]4CC[C@@H]5C[C@@H](O[C@@H]6O[C@H](CO)[C@H](O)[C@H](O)[C@H]6O[C@@H]6O[C@H](CO)[C@@H](O)[C@H](O)[C@H]6O)CC[C@]5(C)[C@H]4CC[C@]3(C)[C@H]2[C@@H]1C)CO[C@@H]1O[C@H](CO)[C@@H](O)[C@H](O)[C@H]1O. The minimum atomic E-state index is -1.75. The molecule has 27 atom stereocenters. The second kappa shape index (κ2) is 19.2. The van der Waals surface area contributed by atoms with Crippen LogP contribution >= 0.6 is 0 Å². The molecule has 12 N–H and O–H groups in total. The van der Waals surface area contributed by atoms with Crippen molar-refractivity contribution >= 4 is 0 Å². The minimum absolute atomic E-state index is 0.00000712. The number of ether oxygens (including phenoxy) is 7. The zero-order chi connectivity index (χ0) is 46.2. The Bertz CT molecular complexity index is 1560. The average Bonchev–Trinajstić information content (AvgIpc) is 3.71. The first kappa shape index (κ1) is 49.7. The van der Waals surface area contributed by atoms with E-state index >= 15 is 0 Å². The van der Waals surface area contributed by atoms with E-state index < -0.39 is 118 Å². The summed E-state index contributed by atoms with van der Waals surface area (Å²) in [5.74, 6) is 0.532. The fourth-order valence-corrected chi connectivity index (χ4v) is 14.2. The summed E-state index contributed by atoms with van der Waals surface area (Å²) < 4.78 is 42.0. The summed E-state index contributed by atoms with van der Waals surface area (Å²) in [4.78, 5) is 0. The van der Waals surface area contributed by atoms with E-state index in [2.05, 4.69) is 20.8 Å². The van der Waals surface area contributed by atoms with Crippen LogP contribution in [0, 0.1) is 52.3 Å². The summed E-state index contributed by atoms with van der Waals surface area (Å²) in [5, 5.41) is 125. The van der Waals surface area contributed by atoms with E-state index in [4.69, 9.17) is 33.2 Å². The number of aliphatic hydroxyl groups excluding tert-OH is 11. The Labute approximate surface area is 374 Å². The Morgan fingerprint density at radius 3 is 1.84 bits per heavy atom. The highest BCUT2D eigenvalue weighted by Crippen LogP contribution is 2.71. The van der Waals surface area contributed by atoms with Crippen molar-refractivity contribution in [1.29, 1.82) is 0 Å². The summed E-state index contributed by atoms with van der Waals surface area (Å²) in [6.45, 7) is 7.28. The first-order chi connectivity index (χ1) is 30.3. The van der Waals surface area contributed by atoms with Crippen LogP contribution in [0.3, 0.4) is 0 Å². The van der Waals surface area contributed by atoms with Crippen LogP contribution < -0.4 is 0 Å². The van der Waals surface area contributed by atoms with Gasteiger partial charge in [0.25, 0.3) is 0 Å². The average molecular weight is 921 g/mol. The Hall–Kier alpha value is -0.760. The molecule has 0 radical (unpaired) electrons. The highest BCUT2D eigenvalue weighted by Gasteiger charge is 2.68. The van der Waals surface area contributed by atoms with Crippen molar-refractivity contribution in [3.8, 4) is 0 Å². The van der Waals surface area contributed by atoms with Crippen molar-refractivity contribution in [2.24, 2.45) is 52.3 Å². The van der Waals surface area contributed by atoms with Gasteiger partial charge in [-0.2, -0.15) is 0 Å². The molecule has 19 nitrogen and oxygen atoms in total. The number of aliphatic hydroxyl groups is 12. The van der Waals surface area contributed by atoms with Crippen LogP contribution in [0.25, 0.3) is 0 Å². The molecule has 4 aliphatic heterocycles. The third-order valence-corrected chi connectivity index (χ3v) is 18.0. The minimum Gasteiger partial charge on any atom is -0.394 e. The van der Waals surface area contributed by atoms with Crippen molar-refractivity contribution < 1.29 is 94.4 Å². The number of hydrogen-bond donors (Lipinski definition) is 12. The molecule has 0 amide bonds. The van der Waals surface area contributed by atoms with Gasteiger partial charge in [-0.25, -0.2) is 0 Å². The van der Waals surface area contributed by atoms with Gasteiger partial charge >= 0.3 is 0 Å². The molecule has 0 unspecified atom stereocenters. The van der Waals surface area contributed by atoms with Gasteiger partial charge in [-0.15, -0.1) is 0 Å². The van der Waals surface area contributed by atoms with Crippen LogP contribution in [0.15, 0.2) is 0 Å². The highest BCUT2D eigenvalue weighted by molar-refractivity contribution is 5.15. The molecule has 0 aromatic carbocycles. The lowest BCUT2D eigenvalue weighted by atomic mass is 9.44. The van der Waals surface area contributed by atoms with Gasteiger partial charge in [0.05, 0.1) is 38.6 Å². The molecular formula is C45H76O19. The molecule has 0 bridgehead atoms. The van der Waals surface area contributed by atoms with E-state index in [1.54, 1.807) is 0 Å². The standard InChI is InChI=1S/C45H76O19/c1-19(18-58-40-37(55)34(52)31(49)27(15-46)60-40)7-12-45(57)20(2)30-26(64-45)14-25-23-6-5-21-13-22(8-10-43(21,3)24(23)9-11-44(25,30)4)59-42-39(36(54)33(51)29(17-48)62-42)63-41-38(56)35(53)32(50)28(16-47)61-41/h19-42,46-57H,5-18H2,1-4H3/t19-,20-,21+,22-,23+,24-,25-,26-,27+,28+,29+,30-,31+,32+,33-,34-,35-,36-,37+,38+,39+,40+,41-,42+,43-,44-,45+/m0/s1. The molecule has 8 fully saturated rings. The molecule has 370 valence electrons. The maximum Gasteiger partial charge on any atom is 0.187 e. The van der Waals surface area contributed by atoms with Gasteiger partial charge in [0.1, 0.15) is 73.2 Å². The first-order valence-electron chi connectivity index (χ1n) is 23.9. The van der Waals surface area contributed by atoms with Crippen molar-refractivity contribution in [3.05, 3.63) is 0 Å². The van der Waals surface area contributed by atoms with Crippen LogP contribution in [0.1, 0.15) is 91.9 Å². The van der Waals surface area contributed by atoms with Crippen LogP contribution in [0.2, 0.25) is 0 Å². The molecule has 8 aliphatic rings. The van der Waals surface area contributed by atoms with Gasteiger partial charge in [-0.3, -0.25) is 0 Å². The molecule has 8 rings (SSSR count). The van der Waals surface area contributed by atoms with Gasteiger partial charge in [-0.1, -0.05) is 27.7 Å². The highest BCUT2D eigenvalue weighted by atomic mass is 16.8. The molecule has 0 aromatic heterocycles. The van der Waals surface area contributed by atoms with Gasteiger partial charge < -0.3 is 94.4 Å². The molecule has 4 aliphatic carbocycles. The zero-order valence-electron chi connectivity index (χ0n) is 37.5. The molecule has 4 saturated carbocycles. The monoisotopic (exact) mass is 920 g/mol. The normalized spacial score (nSPS) is 55.6. The molecule has 19 heteroatoms. The van der Waals surface area contributed by atoms with Gasteiger partial charge in [0, 0.05) is 12.3 Å². The predicted octanol–water partition coefficient (Wildman–Crippen LogP) is -1.78. The Morgan fingerprint density at radius 1 is 0.625 bits per heavy atom. The van der Waals surface area contributed by atoms with E-state index in [-0.39, 0.29) is 47.4 Å². The number of fused-ring (bicyclic) bond motifs is 7. The fourth-order valence-electron chi connectivity index (χ4n) is 14.2. The van der Waals surface area contributed by atoms with Crippen molar-refractivity contribution in [2.75, 3.05) is 26.4 Å². The Kier molecular flexibility index (Phi) is 14.9. The second-order valence-electron chi connectivity index (χ2n) is 21.5. The topological polar surface area (TPSA) is 307 Å². The van der Waals surface area contributed by atoms with Gasteiger partial charge in [-0.05, 0) is 104 Å². The Balaban J connectivity index is 0.869. The zero-order valence-corrected chi connectivity index (χ0v) is 37.5. The lowest BCUT2D eigenvalue weighted by molar-refractivity contribution is -0.373. The quantitative estimate of drug-likeness (QED) is 0.0909. The van der Waals surface area contributed by atoms with E-state index in [9.17, 15) is 61.3 Å². The third-order valence-electron chi connectivity index (χ3n) is 18.0. The number of hydrogen-bond acceptors (Lipinski definition) is 19. The molecule has 0 aromatic rings. The summed E-state index contributed by atoms with van der Waals surface area (Å²) in [7, 11) is 0.